The van der Waals surface area contributed by atoms with Crippen LogP contribution in [0.5, 0.6) is 0 Å². The van der Waals surface area contributed by atoms with Gasteiger partial charge in [-0.25, -0.2) is 4.79 Å². The summed E-state index contributed by atoms with van der Waals surface area (Å²) in [6, 6.07) is 0. The molecule has 0 unspecified atom stereocenters. The van der Waals surface area contributed by atoms with E-state index in [2.05, 4.69) is 4.74 Å². The van der Waals surface area contributed by atoms with Gasteiger partial charge in [0, 0.05) is 12.8 Å². The van der Waals surface area contributed by atoms with E-state index in [1.165, 1.54) is 14.2 Å². The second kappa shape index (κ2) is 6.18. The minimum Gasteiger partial charge on any atom is -0.500 e. The van der Waals surface area contributed by atoms with Crippen LogP contribution < -0.4 is 0 Å². The third-order valence-electron chi connectivity index (χ3n) is 1.84. The second-order valence-electron chi connectivity index (χ2n) is 2.62. The summed E-state index contributed by atoms with van der Waals surface area (Å²) in [5.74, 6) is -0.505. The van der Waals surface area contributed by atoms with Crippen LogP contribution in [0.2, 0.25) is 0 Å². The molecule has 0 amide bonds. The third kappa shape index (κ3) is 2.87. The highest BCUT2D eigenvalue weighted by molar-refractivity contribution is 6.17. The molecule has 0 rings (SSSR count). The number of Topliss-reactive ketones (excluding diaryl/α,β-unsaturated/α-hetero) is 1. The number of ether oxygens (including phenoxy) is 2. The first kappa shape index (κ1) is 12.7. The number of ketones is 1. The fourth-order valence-corrected chi connectivity index (χ4v) is 1.09. The second-order valence-corrected chi connectivity index (χ2v) is 2.62. The molecular formula is C10H16O4. The SMILES string of the molecule is CCC(=O)C(C(=O)OC)=C(CC)OC. The summed E-state index contributed by atoms with van der Waals surface area (Å²) < 4.78 is 9.49. The molecule has 4 heteroatoms. The zero-order valence-electron chi connectivity index (χ0n) is 9.05. The van der Waals surface area contributed by atoms with Gasteiger partial charge >= 0.3 is 5.97 Å². The highest BCUT2D eigenvalue weighted by Crippen LogP contribution is 2.13. The van der Waals surface area contributed by atoms with Gasteiger partial charge in [0.1, 0.15) is 11.3 Å². The Morgan fingerprint density at radius 2 is 1.57 bits per heavy atom. The highest BCUT2D eigenvalue weighted by atomic mass is 16.5. The number of esters is 1. The topological polar surface area (TPSA) is 52.6 Å². The molecule has 0 spiro atoms. The van der Waals surface area contributed by atoms with Gasteiger partial charge in [-0.05, 0) is 0 Å². The van der Waals surface area contributed by atoms with E-state index >= 15 is 0 Å². The van der Waals surface area contributed by atoms with E-state index in [1.54, 1.807) is 6.92 Å². The fraction of sp³-hybridized carbons (Fsp3) is 0.600. The van der Waals surface area contributed by atoms with Crippen LogP contribution in [0, 0.1) is 0 Å². The van der Waals surface area contributed by atoms with Crippen LogP contribution in [0.4, 0.5) is 0 Å². The summed E-state index contributed by atoms with van der Waals surface area (Å²) in [5, 5.41) is 0. The van der Waals surface area contributed by atoms with Crippen LogP contribution in [0.25, 0.3) is 0 Å². The van der Waals surface area contributed by atoms with Crippen molar-refractivity contribution >= 4 is 11.8 Å². The normalized spacial score (nSPS) is 11.7. The minimum atomic E-state index is -0.629. The molecule has 0 aliphatic rings. The lowest BCUT2D eigenvalue weighted by atomic mass is 10.1. The van der Waals surface area contributed by atoms with Gasteiger partial charge in [0.25, 0.3) is 0 Å². The third-order valence-corrected chi connectivity index (χ3v) is 1.84. The maximum atomic E-state index is 11.4. The summed E-state index contributed by atoms with van der Waals surface area (Å²) in [6.45, 7) is 3.50. The van der Waals surface area contributed by atoms with E-state index < -0.39 is 5.97 Å². The minimum absolute atomic E-state index is 0.0278. The molecule has 0 aliphatic heterocycles. The summed E-state index contributed by atoms with van der Waals surface area (Å²) in [7, 11) is 2.68. The molecule has 0 aromatic rings. The van der Waals surface area contributed by atoms with Gasteiger partial charge in [-0.15, -0.1) is 0 Å². The lowest BCUT2D eigenvalue weighted by Gasteiger charge is -2.09. The van der Waals surface area contributed by atoms with Crippen molar-refractivity contribution in [2.45, 2.75) is 26.7 Å². The first-order valence-electron chi connectivity index (χ1n) is 4.50. The van der Waals surface area contributed by atoms with Gasteiger partial charge < -0.3 is 9.47 Å². The van der Waals surface area contributed by atoms with Crippen LogP contribution >= 0.6 is 0 Å². The van der Waals surface area contributed by atoms with Crippen LogP contribution in [0.3, 0.4) is 0 Å². The number of carbonyl (C=O) groups excluding carboxylic acids is 2. The Kier molecular flexibility index (Phi) is 5.60. The zero-order valence-corrected chi connectivity index (χ0v) is 9.05. The summed E-state index contributed by atoms with van der Waals surface area (Å²) in [6.07, 6.45) is 0.754. The Morgan fingerprint density at radius 1 is 1.00 bits per heavy atom. The van der Waals surface area contributed by atoms with E-state index in [4.69, 9.17) is 4.74 Å². The van der Waals surface area contributed by atoms with Gasteiger partial charge in [-0.2, -0.15) is 0 Å². The van der Waals surface area contributed by atoms with Gasteiger partial charge in [0.05, 0.1) is 14.2 Å². The van der Waals surface area contributed by atoms with E-state index in [0.29, 0.717) is 12.2 Å². The molecule has 0 fully saturated rings. The van der Waals surface area contributed by atoms with E-state index in [-0.39, 0.29) is 17.8 Å². The van der Waals surface area contributed by atoms with Crippen molar-refractivity contribution in [3.05, 3.63) is 11.3 Å². The van der Waals surface area contributed by atoms with Gasteiger partial charge in [0.15, 0.2) is 5.78 Å². The molecule has 0 saturated heterocycles. The first-order chi connectivity index (χ1) is 6.62. The Morgan fingerprint density at radius 3 is 1.86 bits per heavy atom. The Balaban J connectivity index is 5.16. The van der Waals surface area contributed by atoms with Crippen LogP contribution in [0.1, 0.15) is 26.7 Å². The molecule has 0 aromatic heterocycles. The Labute approximate surface area is 83.9 Å². The van der Waals surface area contributed by atoms with Crippen molar-refractivity contribution in [3.8, 4) is 0 Å². The maximum Gasteiger partial charge on any atom is 0.344 e. The monoisotopic (exact) mass is 200 g/mol. The highest BCUT2D eigenvalue weighted by Gasteiger charge is 2.22. The summed E-state index contributed by atoms with van der Waals surface area (Å²) in [5.41, 5.74) is 0.0278. The molecule has 0 radical (unpaired) electrons. The Bertz CT molecular complexity index is 229. The van der Waals surface area contributed by atoms with Gasteiger partial charge in [-0.1, -0.05) is 13.8 Å². The molecule has 80 valence electrons. The van der Waals surface area contributed by atoms with Crippen molar-refractivity contribution in [3.63, 3.8) is 0 Å². The number of allylic oxidation sites excluding steroid dienone is 1. The Hall–Kier alpha value is -1.32. The predicted octanol–water partition coefficient (Wildman–Crippen LogP) is 1.45. The lowest BCUT2D eigenvalue weighted by Crippen LogP contribution is -2.17. The number of carbonyl (C=O) groups is 2. The van der Waals surface area contributed by atoms with Crippen molar-refractivity contribution in [1.29, 1.82) is 0 Å². The number of hydrogen-bond donors (Lipinski definition) is 0. The molecule has 0 aromatic carbocycles. The van der Waals surface area contributed by atoms with E-state index in [9.17, 15) is 9.59 Å². The number of methoxy groups -OCH3 is 2. The maximum absolute atomic E-state index is 11.4. The lowest BCUT2D eigenvalue weighted by molar-refractivity contribution is -0.138. The molecule has 0 bridgehead atoms. The molecule has 0 atom stereocenters. The van der Waals surface area contributed by atoms with Gasteiger partial charge in [-0.3, -0.25) is 4.79 Å². The number of hydrogen-bond acceptors (Lipinski definition) is 4. The van der Waals surface area contributed by atoms with Crippen LogP contribution in [0.15, 0.2) is 11.3 Å². The molecule has 14 heavy (non-hydrogen) atoms. The average molecular weight is 200 g/mol. The quantitative estimate of drug-likeness (QED) is 0.221. The smallest absolute Gasteiger partial charge is 0.344 e. The molecule has 0 heterocycles. The van der Waals surface area contributed by atoms with Crippen molar-refractivity contribution in [1.82, 2.24) is 0 Å². The molecule has 4 nitrogen and oxygen atoms in total. The average Bonchev–Trinajstić information content (AvgIpc) is 2.23. The molecule has 0 saturated carbocycles. The zero-order chi connectivity index (χ0) is 11.1. The standard InChI is InChI=1S/C10H16O4/c1-5-7(11)9(10(12)14-4)8(6-2)13-3/h5-6H2,1-4H3. The largest absolute Gasteiger partial charge is 0.500 e. The van der Waals surface area contributed by atoms with Gasteiger partial charge in [0.2, 0.25) is 0 Å². The van der Waals surface area contributed by atoms with E-state index in [1.807, 2.05) is 6.92 Å². The van der Waals surface area contributed by atoms with E-state index in [0.717, 1.165) is 0 Å². The number of rotatable bonds is 5. The van der Waals surface area contributed by atoms with Crippen LogP contribution in [-0.2, 0) is 19.1 Å². The molecular weight excluding hydrogens is 184 g/mol. The first-order valence-corrected chi connectivity index (χ1v) is 4.50. The summed E-state index contributed by atoms with van der Waals surface area (Å²) in [4.78, 5) is 22.7. The van der Waals surface area contributed by atoms with Crippen molar-refractivity contribution in [2.24, 2.45) is 0 Å². The van der Waals surface area contributed by atoms with Crippen molar-refractivity contribution < 1.29 is 19.1 Å². The van der Waals surface area contributed by atoms with Crippen LogP contribution in [-0.4, -0.2) is 26.0 Å². The fourth-order valence-electron chi connectivity index (χ4n) is 1.09. The van der Waals surface area contributed by atoms with Crippen molar-refractivity contribution in [2.75, 3.05) is 14.2 Å². The predicted molar refractivity (Wildman–Crippen MR) is 51.6 cm³/mol. The molecule has 0 aliphatic carbocycles. The summed E-state index contributed by atoms with van der Waals surface area (Å²) >= 11 is 0. The molecule has 0 N–H and O–H groups in total.